The Morgan fingerprint density at radius 1 is 1.14 bits per heavy atom. The van der Waals surface area contributed by atoms with Crippen molar-refractivity contribution in [2.45, 2.75) is 0 Å². The Morgan fingerprint density at radius 3 is 2.52 bits per heavy atom. The lowest BCUT2D eigenvalue weighted by Crippen LogP contribution is -2.15. The summed E-state index contributed by atoms with van der Waals surface area (Å²) in [5.41, 5.74) is -0.336. The van der Waals surface area contributed by atoms with Gasteiger partial charge in [0, 0.05) is 4.47 Å². The largest absolute Gasteiger partial charge is 0.495 e. The molecule has 0 fully saturated rings. The molecule has 0 saturated carbocycles. The van der Waals surface area contributed by atoms with Crippen LogP contribution in [-0.4, -0.2) is 13.0 Å². The summed E-state index contributed by atoms with van der Waals surface area (Å²) in [4.78, 5) is 12.0. The summed E-state index contributed by atoms with van der Waals surface area (Å²) >= 11 is 3.22. The smallest absolute Gasteiger partial charge is 0.258 e. The number of benzene rings is 2. The zero-order valence-corrected chi connectivity index (χ0v) is 12.3. The lowest BCUT2D eigenvalue weighted by Gasteiger charge is -2.11. The molecule has 0 saturated heterocycles. The van der Waals surface area contributed by atoms with E-state index >= 15 is 0 Å². The van der Waals surface area contributed by atoms with Crippen LogP contribution in [0.5, 0.6) is 5.75 Å². The van der Waals surface area contributed by atoms with Crippen LogP contribution in [0.1, 0.15) is 10.4 Å². The Hall–Kier alpha value is -2.02. The molecule has 3 nitrogen and oxygen atoms in total. The molecule has 0 unspecified atom stereocenters. The zero-order valence-electron chi connectivity index (χ0n) is 10.7. The van der Waals surface area contributed by atoms with Crippen molar-refractivity contribution in [2.24, 2.45) is 0 Å². The quantitative estimate of drug-likeness (QED) is 0.836. The fourth-order valence-electron chi connectivity index (χ4n) is 1.67. The lowest BCUT2D eigenvalue weighted by molar-refractivity contribution is 0.102. The van der Waals surface area contributed by atoms with Gasteiger partial charge in [-0.05, 0) is 30.3 Å². The average Bonchev–Trinajstić information content (AvgIpc) is 2.45. The molecule has 1 N–H and O–H groups in total. The van der Waals surface area contributed by atoms with Gasteiger partial charge < -0.3 is 10.1 Å². The minimum absolute atomic E-state index is 0.265. The van der Waals surface area contributed by atoms with E-state index in [-0.39, 0.29) is 5.69 Å². The van der Waals surface area contributed by atoms with Crippen LogP contribution in [-0.2, 0) is 0 Å². The van der Waals surface area contributed by atoms with Crippen molar-refractivity contribution in [3.05, 3.63) is 57.8 Å². The van der Waals surface area contributed by atoms with Gasteiger partial charge in [0.25, 0.3) is 5.91 Å². The summed E-state index contributed by atoms with van der Waals surface area (Å²) in [5, 5.41) is 2.38. The monoisotopic (exact) mass is 359 g/mol. The zero-order chi connectivity index (χ0) is 15.6. The van der Waals surface area contributed by atoms with Crippen molar-refractivity contribution in [1.29, 1.82) is 0 Å². The molecule has 1 amide bonds. The molecule has 21 heavy (non-hydrogen) atoms. The summed E-state index contributed by atoms with van der Waals surface area (Å²) in [7, 11) is 1.40. The van der Waals surface area contributed by atoms with E-state index in [1.54, 1.807) is 12.1 Å². The molecule has 0 aromatic heterocycles. The Labute approximate surface area is 126 Å². The third kappa shape index (κ3) is 3.18. The van der Waals surface area contributed by atoms with Crippen molar-refractivity contribution in [3.63, 3.8) is 0 Å². The van der Waals surface area contributed by atoms with E-state index in [1.165, 1.54) is 13.2 Å². The van der Waals surface area contributed by atoms with Gasteiger partial charge in [0.15, 0.2) is 17.5 Å². The van der Waals surface area contributed by atoms with Crippen LogP contribution < -0.4 is 10.1 Å². The summed E-state index contributed by atoms with van der Waals surface area (Å²) < 4.78 is 45.3. The normalized spacial score (nSPS) is 10.3. The standard InChI is InChI=1S/C14H9BrF3NO2/c1-21-11-5-2-7(15)6-10(11)19-14(20)8-3-4-9(16)13(18)12(8)17/h2-6H,1H3,(H,19,20). The number of rotatable bonds is 3. The van der Waals surface area contributed by atoms with Crippen LogP contribution >= 0.6 is 15.9 Å². The van der Waals surface area contributed by atoms with E-state index in [2.05, 4.69) is 21.2 Å². The van der Waals surface area contributed by atoms with Crippen LogP contribution in [0.2, 0.25) is 0 Å². The number of hydrogen-bond acceptors (Lipinski definition) is 2. The number of carbonyl (C=O) groups excluding carboxylic acids is 1. The van der Waals surface area contributed by atoms with Gasteiger partial charge in [-0.15, -0.1) is 0 Å². The first-order valence-corrected chi connectivity index (χ1v) is 6.51. The van der Waals surface area contributed by atoms with Crippen molar-refractivity contribution in [2.75, 3.05) is 12.4 Å². The van der Waals surface area contributed by atoms with E-state index in [9.17, 15) is 18.0 Å². The molecule has 0 heterocycles. The van der Waals surface area contributed by atoms with E-state index < -0.39 is 28.9 Å². The molecule has 0 bridgehead atoms. The Balaban J connectivity index is 2.35. The molecule has 0 radical (unpaired) electrons. The fraction of sp³-hybridized carbons (Fsp3) is 0.0714. The maximum atomic E-state index is 13.6. The summed E-state index contributed by atoms with van der Waals surface area (Å²) in [5.74, 6) is -5.16. The van der Waals surface area contributed by atoms with Crippen LogP contribution in [0, 0.1) is 17.5 Å². The Morgan fingerprint density at radius 2 is 1.86 bits per heavy atom. The molecule has 2 rings (SSSR count). The molecule has 0 atom stereocenters. The number of nitrogens with one attached hydrogen (secondary N) is 1. The average molecular weight is 360 g/mol. The Bertz CT molecular complexity index is 707. The molecule has 2 aromatic rings. The number of halogens is 4. The summed E-state index contributed by atoms with van der Waals surface area (Å²) in [6, 6.07) is 6.36. The molecular formula is C14H9BrF3NO2. The molecular weight excluding hydrogens is 351 g/mol. The van der Waals surface area contributed by atoms with Gasteiger partial charge in [0.2, 0.25) is 0 Å². The van der Waals surface area contributed by atoms with Gasteiger partial charge in [0.1, 0.15) is 5.75 Å². The van der Waals surface area contributed by atoms with Gasteiger partial charge in [-0.2, -0.15) is 0 Å². The molecule has 0 aliphatic rings. The van der Waals surface area contributed by atoms with Crippen molar-refractivity contribution < 1.29 is 22.7 Å². The molecule has 0 aliphatic heterocycles. The number of carbonyl (C=O) groups is 1. The van der Waals surface area contributed by atoms with E-state index in [1.807, 2.05) is 0 Å². The van der Waals surface area contributed by atoms with Gasteiger partial charge >= 0.3 is 0 Å². The van der Waals surface area contributed by atoms with Gasteiger partial charge in [-0.25, -0.2) is 13.2 Å². The lowest BCUT2D eigenvalue weighted by atomic mass is 10.1. The van der Waals surface area contributed by atoms with Crippen molar-refractivity contribution >= 4 is 27.5 Å². The van der Waals surface area contributed by atoms with Gasteiger partial charge in [-0.3, -0.25) is 4.79 Å². The van der Waals surface area contributed by atoms with Crippen LogP contribution in [0.3, 0.4) is 0 Å². The van der Waals surface area contributed by atoms with Crippen LogP contribution in [0.4, 0.5) is 18.9 Å². The minimum atomic E-state index is -1.69. The van der Waals surface area contributed by atoms with Gasteiger partial charge in [0.05, 0.1) is 18.4 Å². The first-order valence-electron chi connectivity index (χ1n) is 5.72. The summed E-state index contributed by atoms with van der Waals surface area (Å²) in [6.07, 6.45) is 0. The third-order valence-corrected chi connectivity index (χ3v) is 3.18. The van der Waals surface area contributed by atoms with Crippen molar-refractivity contribution in [1.82, 2.24) is 0 Å². The molecule has 2 aromatic carbocycles. The highest BCUT2D eigenvalue weighted by molar-refractivity contribution is 9.10. The molecule has 7 heteroatoms. The van der Waals surface area contributed by atoms with Crippen molar-refractivity contribution in [3.8, 4) is 5.75 Å². The number of amides is 1. The number of hydrogen-bond donors (Lipinski definition) is 1. The highest BCUT2D eigenvalue weighted by atomic mass is 79.9. The molecule has 0 spiro atoms. The SMILES string of the molecule is COc1ccc(Br)cc1NC(=O)c1ccc(F)c(F)c1F. The van der Waals surface area contributed by atoms with E-state index in [0.717, 1.165) is 6.07 Å². The first kappa shape index (κ1) is 15.4. The predicted molar refractivity (Wildman–Crippen MR) is 75.0 cm³/mol. The second kappa shape index (κ2) is 6.17. The second-order valence-electron chi connectivity index (χ2n) is 4.02. The minimum Gasteiger partial charge on any atom is -0.495 e. The van der Waals surface area contributed by atoms with E-state index in [4.69, 9.17) is 4.74 Å². The number of anilines is 1. The van der Waals surface area contributed by atoms with E-state index in [0.29, 0.717) is 16.3 Å². The third-order valence-electron chi connectivity index (χ3n) is 2.69. The molecule has 110 valence electrons. The fourth-order valence-corrected chi connectivity index (χ4v) is 2.03. The maximum Gasteiger partial charge on any atom is 0.258 e. The highest BCUT2D eigenvalue weighted by Gasteiger charge is 2.19. The number of ether oxygens (including phenoxy) is 1. The van der Waals surface area contributed by atoms with Gasteiger partial charge in [-0.1, -0.05) is 15.9 Å². The van der Waals surface area contributed by atoms with Crippen LogP contribution in [0.15, 0.2) is 34.8 Å². The highest BCUT2D eigenvalue weighted by Crippen LogP contribution is 2.28. The summed E-state index contributed by atoms with van der Waals surface area (Å²) in [6.45, 7) is 0. The molecule has 0 aliphatic carbocycles. The number of methoxy groups -OCH3 is 1. The Kier molecular flexibility index (Phi) is 4.52. The second-order valence-corrected chi connectivity index (χ2v) is 4.94. The first-order chi connectivity index (χ1) is 9.93. The van der Waals surface area contributed by atoms with Crippen LogP contribution in [0.25, 0.3) is 0 Å². The predicted octanol–water partition coefficient (Wildman–Crippen LogP) is 4.13. The maximum absolute atomic E-state index is 13.6. The topological polar surface area (TPSA) is 38.3 Å².